The van der Waals surface area contributed by atoms with Gasteiger partial charge in [-0.2, -0.15) is 5.10 Å². The lowest BCUT2D eigenvalue weighted by Crippen LogP contribution is -2.34. The number of aromatic nitrogens is 5. The molecule has 42 heavy (non-hydrogen) atoms. The maximum atomic E-state index is 13.6. The zero-order chi connectivity index (χ0) is 29.1. The Morgan fingerprint density at radius 2 is 1.74 bits per heavy atom. The number of hydrogen-bond acceptors (Lipinski definition) is 8. The number of carbonyl (C=O) groups excluding carboxylic acids is 1. The van der Waals surface area contributed by atoms with E-state index in [1.807, 2.05) is 18.0 Å². The van der Waals surface area contributed by atoms with Crippen molar-refractivity contribution < 1.29 is 14.7 Å². The number of carboxylic acids is 1. The van der Waals surface area contributed by atoms with Gasteiger partial charge in [-0.25, -0.2) is 14.3 Å². The quantitative estimate of drug-likeness (QED) is 0.387. The molecule has 1 unspecified atom stereocenters. The maximum Gasteiger partial charge on any atom is 0.337 e. The van der Waals surface area contributed by atoms with E-state index in [-0.39, 0.29) is 28.1 Å². The summed E-state index contributed by atoms with van der Waals surface area (Å²) in [6, 6.07) is 14.4. The average molecular weight is 567 g/mol. The summed E-state index contributed by atoms with van der Waals surface area (Å²) in [5.41, 5.74) is 4.27. The average Bonchev–Trinajstić information content (AvgIpc) is 3.80. The number of rotatable bonds is 5. The summed E-state index contributed by atoms with van der Waals surface area (Å²) in [7, 11) is 0. The fourth-order valence-electron chi connectivity index (χ4n) is 6.99. The minimum Gasteiger partial charge on any atom is -0.478 e. The van der Waals surface area contributed by atoms with E-state index in [1.54, 1.807) is 10.6 Å². The molecule has 1 spiro atoms. The number of aryl methyl sites for hydroxylation is 1. The molecule has 0 aliphatic carbocycles. The minimum atomic E-state index is -1.02. The summed E-state index contributed by atoms with van der Waals surface area (Å²) < 4.78 is 1.76. The molecular formula is C31H34N8O3. The van der Waals surface area contributed by atoms with Crippen molar-refractivity contribution in [2.75, 3.05) is 49.1 Å². The second kappa shape index (κ2) is 9.78. The smallest absolute Gasteiger partial charge is 0.337 e. The number of amides is 1. The Hall–Kier alpha value is -4.54. The van der Waals surface area contributed by atoms with Gasteiger partial charge in [0.2, 0.25) is 5.82 Å². The van der Waals surface area contributed by atoms with Crippen LogP contribution in [-0.4, -0.2) is 85.9 Å². The number of likely N-dealkylation sites (tertiary alicyclic amines) is 1. The third-order valence-corrected chi connectivity index (χ3v) is 9.48. The zero-order valence-corrected chi connectivity index (χ0v) is 23.9. The van der Waals surface area contributed by atoms with Crippen LogP contribution in [0, 0.1) is 12.3 Å². The van der Waals surface area contributed by atoms with Crippen LogP contribution in [0.1, 0.15) is 58.3 Å². The molecule has 3 aromatic heterocycles. The van der Waals surface area contributed by atoms with Crippen molar-refractivity contribution in [3.8, 4) is 0 Å². The Balaban J connectivity index is 1.06. The molecule has 3 saturated heterocycles. The summed E-state index contributed by atoms with van der Waals surface area (Å²) in [6.07, 6.45) is 6.09. The van der Waals surface area contributed by atoms with Crippen LogP contribution in [0.5, 0.6) is 0 Å². The molecule has 4 aromatic rings. The van der Waals surface area contributed by atoms with Crippen LogP contribution in [0.3, 0.4) is 0 Å². The van der Waals surface area contributed by atoms with E-state index >= 15 is 0 Å². The van der Waals surface area contributed by atoms with Gasteiger partial charge in [0, 0.05) is 50.1 Å². The van der Waals surface area contributed by atoms with Gasteiger partial charge in [-0.15, -0.1) is 10.2 Å². The number of aromatic carboxylic acids is 1. The molecule has 216 valence electrons. The van der Waals surface area contributed by atoms with Gasteiger partial charge in [0.05, 0.1) is 23.6 Å². The van der Waals surface area contributed by atoms with Crippen LogP contribution >= 0.6 is 0 Å². The molecule has 1 amide bonds. The summed E-state index contributed by atoms with van der Waals surface area (Å²) in [5, 5.41) is 22.0. The van der Waals surface area contributed by atoms with E-state index < -0.39 is 5.97 Å². The molecule has 3 aliphatic heterocycles. The lowest BCUT2D eigenvalue weighted by Gasteiger charge is -2.26. The van der Waals surface area contributed by atoms with Gasteiger partial charge in [0.1, 0.15) is 0 Å². The first kappa shape index (κ1) is 26.4. The van der Waals surface area contributed by atoms with Crippen LogP contribution in [0.4, 0.5) is 11.5 Å². The predicted octanol–water partition coefficient (Wildman–Crippen LogP) is 3.44. The van der Waals surface area contributed by atoms with Crippen LogP contribution in [0.2, 0.25) is 0 Å². The van der Waals surface area contributed by atoms with E-state index in [4.69, 9.17) is 0 Å². The SMILES string of the molecule is Cc1cc(N2CC[C@](C)(c3ccccc3)C2)cn2nc(C(=O)N3CCC4(CCN(c5cc(C(=O)O)cnn5)C4)C3)nc12. The van der Waals surface area contributed by atoms with Gasteiger partial charge in [0.15, 0.2) is 11.5 Å². The summed E-state index contributed by atoms with van der Waals surface area (Å²) >= 11 is 0. The van der Waals surface area contributed by atoms with Crippen molar-refractivity contribution in [2.24, 2.45) is 5.41 Å². The molecule has 0 bridgehead atoms. The Bertz CT molecular complexity index is 1690. The van der Waals surface area contributed by atoms with Crippen LogP contribution in [-0.2, 0) is 5.41 Å². The normalized spacial score (nSPS) is 23.9. The third-order valence-electron chi connectivity index (χ3n) is 9.48. The lowest BCUT2D eigenvalue weighted by atomic mass is 9.82. The molecule has 11 heteroatoms. The third kappa shape index (κ3) is 4.53. The maximum absolute atomic E-state index is 13.6. The Morgan fingerprint density at radius 3 is 2.55 bits per heavy atom. The first-order chi connectivity index (χ1) is 20.2. The fourth-order valence-corrected chi connectivity index (χ4v) is 6.99. The van der Waals surface area contributed by atoms with E-state index in [2.05, 4.69) is 73.4 Å². The molecule has 3 aliphatic rings. The summed E-state index contributed by atoms with van der Waals surface area (Å²) in [5.74, 6) is -0.392. The number of nitrogens with zero attached hydrogens (tertiary/aromatic N) is 8. The molecule has 7 rings (SSSR count). The second-order valence-electron chi connectivity index (χ2n) is 12.4. The fraction of sp³-hybridized carbons (Fsp3) is 0.419. The van der Waals surface area contributed by atoms with Crippen LogP contribution in [0.25, 0.3) is 5.65 Å². The Labute approximate surface area is 243 Å². The van der Waals surface area contributed by atoms with Crippen LogP contribution in [0.15, 0.2) is 54.9 Å². The monoisotopic (exact) mass is 566 g/mol. The van der Waals surface area contributed by atoms with Crippen molar-refractivity contribution in [3.63, 3.8) is 0 Å². The Morgan fingerprint density at radius 1 is 0.952 bits per heavy atom. The van der Waals surface area contributed by atoms with Gasteiger partial charge < -0.3 is 19.8 Å². The van der Waals surface area contributed by atoms with Crippen molar-refractivity contribution in [1.82, 2.24) is 29.7 Å². The van der Waals surface area contributed by atoms with Gasteiger partial charge in [-0.3, -0.25) is 4.79 Å². The highest BCUT2D eigenvalue weighted by molar-refractivity contribution is 5.91. The molecule has 0 saturated carbocycles. The second-order valence-corrected chi connectivity index (χ2v) is 12.4. The van der Waals surface area contributed by atoms with E-state index in [0.717, 1.165) is 50.1 Å². The van der Waals surface area contributed by atoms with E-state index in [1.165, 1.54) is 11.8 Å². The highest BCUT2D eigenvalue weighted by atomic mass is 16.4. The standard InChI is InChI=1S/C31H34N8O3/c1-21-14-24(36-11-8-30(2,18-36)23-6-4-3-5-7-23)17-39-27(21)33-26(35-39)28(40)38-13-10-31(20-38)9-12-37(19-31)25-15-22(29(41)42)16-32-34-25/h3-7,14-17H,8-13,18-20H2,1-2H3,(H,41,42)/t30-,31?/m0/s1. The first-order valence-electron chi connectivity index (χ1n) is 14.5. The zero-order valence-electron chi connectivity index (χ0n) is 23.9. The minimum absolute atomic E-state index is 0.0695. The molecule has 2 atom stereocenters. The molecule has 3 fully saturated rings. The molecule has 0 radical (unpaired) electrons. The van der Waals surface area contributed by atoms with Gasteiger partial charge in [-0.05, 0) is 49.4 Å². The summed E-state index contributed by atoms with van der Waals surface area (Å²) in [6.45, 7) is 8.92. The number of anilines is 2. The van der Waals surface area contributed by atoms with E-state index in [0.29, 0.717) is 31.1 Å². The first-order valence-corrected chi connectivity index (χ1v) is 14.5. The van der Waals surface area contributed by atoms with E-state index in [9.17, 15) is 14.7 Å². The molecule has 1 N–H and O–H groups in total. The molecule has 11 nitrogen and oxygen atoms in total. The number of fused-ring (bicyclic) bond motifs is 1. The lowest BCUT2D eigenvalue weighted by molar-refractivity contribution is 0.0695. The molecular weight excluding hydrogens is 532 g/mol. The topological polar surface area (TPSA) is 120 Å². The Kier molecular flexibility index (Phi) is 6.14. The van der Waals surface area contributed by atoms with Crippen molar-refractivity contribution in [1.29, 1.82) is 0 Å². The number of benzene rings is 1. The predicted molar refractivity (Wildman–Crippen MR) is 157 cm³/mol. The molecule has 6 heterocycles. The number of hydrogen-bond donors (Lipinski definition) is 1. The largest absolute Gasteiger partial charge is 0.478 e. The highest BCUT2D eigenvalue weighted by Crippen LogP contribution is 2.41. The molecule has 1 aromatic carbocycles. The van der Waals surface area contributed by atoms with Crippen molar-refractivity contribution in [2.45, 2.75) is 38.5 Å². The van der Waals surface area contributed by atoms with Crippen LogP contribution < -0.4 is 9.80 Å². The van der Waals surface area contributed by atoms with Crippen molar-refractivity contribution >= 4 is 29.0 Å². The van der Waals surface area contributed by atoms with Gasteiger partial charge in [-0.1, -0.05) is 37.3 Å². The number of carboxylic acid groups (broad SMARTS) is 1. The highest BCUT2D eigenvalue weighted by Gasteiger charge is 2.46. The number of carbonyl (C=O) groups is 2. The van der Waals surface area contributed by atoms with Crippen molar-refractivity contribution in [3.05, 3.63) is 77.4 Å². The summed E-state index contributed by atoms with van der Waals surface area (Å²) in [4.78, 5) is 36.0. The number of pyridine rings is 1. The van der Waals surface area contributed by atoms with Gasteiger partial charge >= 0.3 is 5.97 Å². The van der Waals surface area contributed by atoms with Gasteiger partial charge in [0.25, 0.3) is 5.91 Å².